The Morgan fingerprint density at radius 1 is 1.43 bits per heavy atom. The molecule has 0 aromatic carbocycles. The van der Waals surface area contributed by atoms with Crippen molar-refractivity contribution in [1.82, 2.24) is 9.97 Å². The number of nitrogens with one attached hydrogen (secondary N) is 1. The standard InChI is InChI=1S/C9H8N4S/c10-8(11)7-5-13-9(14-7)6-2-1-3-12-4-6/h1-5H,(H3,10,11). The highest BCUT2D eigenvalue weighted by Gasteiger charge is 2.05. The van der Waals surface area contributed by atoms with Crippen LogP contribution in [0, 0.1) is 5.41 Å². The summed E-state index contributed by atoms with van der Waals surface area (Å²) in [5, 5.41) is 8.08. The topological polar surface area (TPSA) is 75.7 Å². The van der Waals surface area contributed by atoms with Crippen molar-refractivity contribution >= 4 is 17.2 Å². The van der Waals surface area contributed by atoms with Crippen molar-refractivity contribution in [2.75, 3.05) is 0 Å². The highest BCUT2D eigenvalue weighted by molar-refractivity contribution is 7.16. The van der Waals surface area contributed by atoms with Crippen LogP contribution in [0.25, 0.3) is 10.6 Å². The fraction of sp³-hybridized carbons (Fsp3) is 0. The van der Waals surface area contributed by atoms with E-state index in [0.29, 0.717) is 4.88 Å². The summed E-state index contributed by atoms with van der Waals surface area (Å²) in [5.74, 6) is 0.0534. The largest absolute Gasteiger partial charge is 0.383 e. The Kier molecular flexibility index (Phi) is 2.24. The molecule has 2 aromatic rings. The monoisotopic (exact) mass is 204 g/mol. The average Bonchev–Trinajstić information content (AvgIpc) is 2.68. The van der Waals surface area contributed by atoms with Gasteiger partial charge in [-0.3, -0.25) is 10.4 Å². The maximum atomic E-state index is 7.24. The molecule has 0 atom stereocenters. The fourth-order valence-corrected chi connectivity index (χ4v) is 1.79. The van der Waals surface area contributed by atoms with Gasteiger partial charge in [0.2, 0.25) is 0 Å². The minimum absolute atomic E-state index is 0.0534. The van der Waals surface area contributed by atoms with Crippen LogP contribution in [0.2, 0.25) is 0 Å². The van der Waals surface area contributed by atoms with Crippen molar-refractivity contribution in [2.24, 2.45) is 5.73 Å². The second kappa shape index (κ2) is 3.55. The van der Waals surface area contributed by atoms with Crippen molar-refractivity contribution in [2.45, 2.75) is 0 Å². The number of nitrogens with two attached hydrogens (primary N) is 1. The van der Waals surface area contributed by atoms with Crippen LogP contribution in [-0.4, -0.2) is 15.8 Å². The summed E-state index contributed by atoms with van der Waals surface area (Å²) in [6.45, 7) is 0. The van der Waals surface area contributed by atoms with Gasteiger partial charge < -0.3 is 5.73 Å². The molecular weight excluding hydrogens is 196 g/mol. The lowest BCUT2D eigenvalue weighted by Crippen LogP contribution is -2.08. The van der Waals surface area contributed by atoms with E-state index >= 15 is 0 Å². The molecule has 0 saturated carbocycles. The second-order valence-corrected chi connectivity index (χ2v) is 3.72. The normalized spacial score (nSPS) is 10.0. The molecule has 2 aromatic heterocycles. The van der Waals surface area contributed by atoms with Gasteiger partial charge in [0.25, 0.3) is 0 Å². The molecule has 0 unspecified atom stereocenters. The molecule has 4 nitrogen and oxygen atoms in total. The third-order valence-electron chi connectivity index (χ3n) is 1.68. The lowest BCUT2D eigenvalue weighted by molar-refractivity contribution is 1.31. The molecular formula is C9H8N4S. The smallest absolute Gasteiger partial charge is 0.134 e. The molecule has 3 N–H and O–H groups in total. The lowest BCUT2D eigenvalue weighted by Gasteiger charge is -1.92. The number of pyridine rings is 1. The van der Waals surface area contributed by atoms with E-state index in [4.69, 9.17) is 11.1 Å². The first-order chi connectivity index (χ1) is 6.77. The molecule has 0 aliphatic heterocycles. The van der Waals surface area contributed by atoms with Gasteiger partial charge in [-0.2, -0.15) is 0 Å². The Labute approximate surface area is 85.0 Å². The van der Waals surface area contributed by atoms with Gasteiger partial charge in [-0.1, -0.05) is 0 Å². The van der Waals surface area contributed by atoms with Crippen molar-refractivity contribution in [3.63, 3.8) is 0 Å². The molecule has 14 heavy (non-hydrogen) atoms. The Morgan fingerprint density at radius 2 is 2.29 bits per heavy atom. The van der Waals surface area contributed by atoms with Gasteiger partial charge in [0.05, 0.1) is 4.88 Å². The second-order valence-electron chi connectivity index (χ2n) is 2.69. The van der Waals surface area contributed by atoms with Crippen molar-refractivity contribution in [3.8, 4) is 10.6 Å². The predicted molar refractivity (Wildman–Crippen MR) is 56.4 cm³/mol. The van der Waals surface area contributed by atoms with E-state index in [0.717, 1.165) is 10.6 Å². The molecule has 70 valence electrons. The first kappa shape index (κ1) is 8.83. The van der Waals surface area contributed by atoms with E-state index in [-0.39, 0.29) is 5.84 Å². The number of hydrogen-bond acceptors (Lipinski definition) is 4. The van der Waals surface area contributed by atoms with E-state index < -0.39 is 0 Å². The minimum atomic E-state index is 0.0534. The SMILES string of the molecule is N=C(N)c1cnc(-c2cccnc2)s1. The Bertz CT molecular complexity index is 449. The summed E-state index contributed by atoms with van der Waals surface area (Å²) < 4.78 is 0. The van der Waals surface area contributed by atoms with Crippen molar-refractivity contribution < 1.29 is 0 Å². The van der Waals surface area contributed by atoms with Crippen LogP contribution in [0.5, 0.6) is 0 Å². The Hall–Kier alpha value is -1.75. The number of thiazole rings is 1. The first-order valence-electron chi connectivity index (χ1n) is 3.98. The van der Waals surface area contributed by atoms with Gasteiger partial charge in [0.1, 0.15) is 10.8 Å². The third-order valence-corrected chi connectivity index (χ3v) is 2.76. The maximum Gasteiger partial charge on any atom is 0.134 e. The predicted octanol–water partition coefficient (Wildman–Crippen LogP) is 1.49. The van der Waals surface area contributed by atoms with Gasteiger partial charge in [0, 0.05) is 24.2 Å². The molecule has 0 aliphatic rings. The first-order valence-corrected chi connectivity index (χ1v) is 4.79. The van der Waals surface area contributed by atoms with Crippen LogP contribution in [0.3, 0.4) is 0 Å². The molecule has 0 spiro atoms. The molecule has 0 amide bonds. The van der Waals surface area contributed by atoms with Crippen LogP contribution in [0.1, 0.15) is 4.88 Å². The summed E-state index contributed by atoms with van der Waals surface area (Å²) >= 11 is 1.39. The van der Waals surface area contributed by atoms with Gasteiger partial charge in [0.15, 0.2) is 0 Å². The highest BCUT2D eigenvalue weighted by Crippen LogP contribution is 2.23. The zero-order valence-electron chi connectivity index (χ0n) is 7.27. The van der Waals surface area contributed by atoms with Crippen LogP contribution >= 0.6 is 11.3 Å². The van der Waals surface area contributed by atoms with Gasteiger partial charge in [-0.25, -0.2) is 4.98 Å². The number of nitrogens with zero attached hydrogens (tertiary/aromatic N) is 2. The quantitative estimate of drug-likeness (QED) is 0.574. The maximum absolute atomic E-state index is 7.24. The summed E-state index contributed by atoms with van der Waals surface area (Å²) in [5.41, 5.74) is 6.29. The summed E-state index contributed by atoms with van der Waals surface area (Å²) in [6, 6.07) is 3.78. The number of rotatable bonds is 2. The molecule has 2 rings (SSSR count). The van der Waals surface area contributed by atoms with Crippen molar-refractivity contribution in [1.29, 1.82) is 5.41 Å². The zero-order valence-corrected chi connectivity index (χ0v) is 8.08. The van der Waals surface area contributed by atoms with Crippen LogP contribution in [-0.2, 0) is 0 Å². The molecule has 0 fully saturated rings. The molecule has 0 radical (unpaired) electrons. The minimum Gasteiger partial charge on any atom is -0.383 e. The van der Waals surface area contributed by atoms with Crippen LogP contribution in [0.15, 0.2) is 30.7 Å². The van der Waals surface area contributed by atoms with Gasteiger partial charge in [-0.05, 0) is 12.1 Å². The molecule has 5 heteroatoms. The van der Waals surface area contributed by atoms with E-state index in [9.17, 15) is 0 Å². The number of amidine groups is 1. The third kappa shape index (κ3) is 1.62. The molecule has 0 saturated heterocycles. The number of nitrogen functional groups attached to an aromatic ring is 1. The Morgan fingerprint density at radius 3 is 2.86 bits per heavy atom. The molecule has 2 heterocycles. The van der Waals surface area contributed by atoms with E-state index in [1.165, 1.54) is 11.3 Å². The fourth-order valence-electron chi connectivity index (χ4n) is 1.02. The van der Waals surface area contributed by atoms with E-state index in [1.54, 1.807) is 18.6 Å². The zero-order chi connectivity index (χ0) is 9.97. The lowest BCUT2D eigenvalue weighted by atomic mass is 10.3. The van der Waals surface area contributed by atoms with E-state index in [2.05, 4.69) is 9.97 Å². The summed E-state index contributed by atoms with van der Waals surface area (Å²) in [7, 11) is 0. The number of aromatic nitrogens is 2. The van der Waals surface area contributed by atoms with Gasteiger partial charge in [-0.15, -0.1) is 11.3 Å². The average molecular weight is 204 g/mol. The van der Waals surface area contributed by atoms with Crippen LogP contribution < -0.4 is 5.73 Å². The summed E-state index contributed by atoms with van der Waals surface area (Å²) in [6.07, 6.45) is 5.06. The Balaban J connectivity index is 2.39. The summed E-state index contributed by atoms with van der Waals surface area (Å²) in [4.78, 5) is 8.85. The molecule has 0 bridgehead atoms. The van der Waals surface area contributed by atoms with Crippen molar-refractivity contribution in [3.05, 3.63) is 35.6 Å². The van der Waals surface area contributed by atoms with Crippen LogP contribution in [0.4, 0.5) is 0 Å². The van der Waals surface area contributed by atoms with Gasteiger partial charge >= 0.3 is 0 Å². The highest BCUT2D eigenvalue weighted by atomic mass is 32.1. The van der Waals surface area contributed by atoms with E-state index in [1.807, 2.05) is 12.1 Å². The number of hydrogen-bond donors (Lipinski definition) is 2. The molecule has 0 aliphatic carbocycles.